The molecule has 0 aliphatic rings. The molecule has 0 bridgehead atoms. The van der Waals surface area contributed by atoms with Gasteiger partial charge in [-0.25, -0.2) is 0 Å². The summed E-state index contributed by atoms with van der Waals surface area (Å²) in [6, 6.07) is 23.0. The van der Waals surface area contributed by atoms with Crippen LogP contribution in [0.2, 0.25) is 0 Å². The average molecular weight is 346 g/mol. The summed E-state index contributed by atoms with van der Waals surface area (Å²) >= 11 is 0. The van der Waals surface area contributed by atoms with Crippen LogP contribution in [0.15, 0.2) is 72.8 Å². The lowest BCUT2D eigenvalue weighted by atomic mass is 9.92. The maximum atomic E-state index is 11.7. The molecule has 0 saturated carbocycles. The minimum atomic E-state index is -0.813. The van der Waals surface area contributed by atoms with Gasteiger partial charge in [-0.15, -0.1) is 0 Å². The van der Waals surface area contributed by atoms with E-state index in [4.69, 9.17) is 4.74 Å². The molecule has 132 valence electrons. The number of benzene rings is 3. The van der Waals surface area contributed by atoms with Crippen molar-refractivity contribution in [1.29, 1.82) is 0 Å². The molecule has 0 spiro atoms. The molecule has 3 rings (SSSR count). The first-order chi connectivity index (χ1) is 12.5. The van der Waals surface area contributed by atoms with Gasteiger partial charge in [-0.05, 0) is 54.7 Å². The Bertz CT molecular complexity index is 863. The second kappa shape index (κ2) is 7.87. The van der Waals surface area contributed by atoms with E-state index in [1.54, 1.807) is 0 Å². The summed E-state index contributed by atoms with van der Waals surface area (Å²) in [6.45, 7) is 4.04. The Kier molecular flexibility index (Phi) is 5.37. The van der Waals surface area contributed by atoms with Crippen molar-refractivity contribution in [1.82, 2.24) is 0 Å². The molecule has 0 fully saturated rings. The van der Waals surface area contributed by atoms with Crippen molar-refractivity contribution in [2.45, 2.75) is 26.2 Å². The number of carboxylic acids is 1. The third-order valence-electron chi connectivity index (χ3n) is 4.49. The number of carboxylic acid groups (broad SMARTS) is 1. The van der Waals surface area contributed by atoms with Crippen molar-refractivity contribution in [3.05, 3.63) is 95.1 Å². The smallest absolute Gasteiger partial charge is 0.311 e. The molecule has 1 atom stereocenters. The lowest BCUT2D eigenvalue weighted by molar-refractivity contribution is -0.138. The van der Waals surface area contributed by atoms with Gasteiger partial charge in [0, 0.05) is 0 Å². The Labute approximate surface area is 153 Å². The van der Waals surface area contributed by atoms with Crippen molar-refractivity contribution in [2.75, 3.05) is 0 Å². The first-order valence-corrected chi connectivity index (χ1v) is 8.65. The predicted molar refractivity (Wildman–Crippen MR) is 103 cm³/mol. The zero-order chi connectivity index (χ0) is 18.5. The molecule has 0 amide bonds. The number of para-hydroxylation sites is 1. The normalized spacial score (nSPS) is 11.8. The van der Waals surface area contributed by atoms with Crippen LogP contribution in [0.25, 0.3) is 0 Å². The molecule has 0 radical (unpaired) electrons. The van der Waals surface area contributed by atoms with Crippen molar-refractivity contribution in [3.63, 3.8) is 0 Å². The Hall–Kier alpha value is -3.07. The Balaban J connectivity index is 1.76. The van der Waals surface area contributed by atoms with Crippen LogP contribution in [0.1, 0.15) is 28.2 Å². The predicted octanol–water partition coefficient (Wildman–Crippen LogP) is 5.51. The highest BCUT2D eigenvalue weighted by Gasteiger charge is 2.20. The Morgan fingerprint density at radius 3 is 2.08 bits per heavy atom. The highest BCUT2D eigenvalue weighted by Crippen LogP contribution is 2.29. The molecular formula is C23H22O3. The van der Waals surface area contributed by atoms with E-state index >= 15 is 0 Å². The highest BCUT2D eigenvalue weighted by atomic mass is 16.5. The maximum Gasteiger partial charge on any atom is 0.311 e. The van der Waals surface area contributed by atoms with Crippen molar-refractivity contribution in [2.24, 2.45) is 0 Å². The summed E-state index contributed by atoms with van der Waals surface area (Å²) < 4.78 is 6.02. The molecule has 3 aromatic rings. The first-order valence-electron chi connectivity index (χ1n) is 8.65. The van der Waals surface area contributed by atoms with Gasteiger partial charge in [0.25, 0.3) is 0 Å². The van der Waals surface area contributed by atoms with E-state index in [9.17, 15) is 9.90 Å². The van der Waals surface area contributed by atoms with Gasteiger partial charge in [0.1, 0.15) is 11.5 Å². The zero-order valence-corrected chi connectivity index (χ0v) is 15.0. The van der Waals surface area contributed by atoms with Crippen molar-refractivity contribution in [3.8, 4) is 11.5 Å². The maximum absolute atomic E-state index is 11.7. The van der Waals surface area contributed by atoms with Gasteiger partial charge in [-0.2, -0.15) is 0 Å². The largest absolute Gasteiger partial charge is 0.481 e. The van der Waals surface area contributed by atoms with Gasteiger partial charge in [0.15, 0.2) is 0 Å². The number of carbonyl (C=O) groups is 1. The zero-order valence-electron chi connectivity index (χ0n) is 15.0. The highest BCUT2D eigenvalue weighted by molar-refractivity contribution is 5.76. The molecule has 3 aromatic carbocycles. The molecule has 0 heterocycles. The van der Waals surface area contributed by atoms with Crippen LogP contribution < -0.4 is 4.74 Å². The third kappa shape index (κ3) is 4.12. The van der Waals surface area contributed by atoms with E-state index in [0.717, 1.165) is 33.8 Å². The summed E-state index contributed by atoms with van der Waals surface area (Å²) in [7, 11) is 0. The fourth-order valence-electron chi connectivity index (χ4n) is 3.04. The fourth-order valence-corrected chi connectivity index (χ4v) is 3.04. The SMILES string of the molecule is Cc1cccc(C)c1Oc1ccc(CC(C(=O)O)c2ccccc2)cc1. The number of rotatable bonds is 6. The van der Waals surface area contributed by atoms with Crippen LogP contribution in [0, 0.1) is 13.8 Å². The number of ether oxygens (including phenoxy) is 1. The Morgan fingerprint density at radius 2 is 1.50 bits per heavy atom. The summed E-state index contributed by atoms with van der Waals surface area (Å²) in [5, 5.41) is 9.57. The van der Waals surface area contributed by atoms with Gasteiger partial charge in [0.2, 0.25) is 0 Å². The van der Waals surface area contributed by atoms with E-state index in [0.29, 0.717) is 6.42 Å². The summed E-state index contributed by atoms with van der Waals surface area (Å²) in [5.74, 6) is 0.249. The van der Waals surface area contributed by atoms with Gasteiger partial charge in [-0.3, -0.25) is 4.79 Å². The van der Waals surface area contributed by atoms with E-state index in [1.807, 2.05) is 86.6 Å². The molecule has 3 heteroatoms. The third-order valence-corrected chi connectivity index (χ3v) is 4.49. The second-order valence-corrected chi connectivity index (χ2v) is 6.47. The molecule has 1 unspecified atom stereocenters. The van der Waals surface area contributed by atoms with Gasteiger partial charge in [0.05, 0.1) is 5.92 Å². The van der Waals surface area contributed by atoms with Crippen LogP contribution >= 0.6 is 0 Å². The van der Waals surface area contributed by atoms with Crippen LogP contribution in [-0.2, 0) is 11.2 Å². The van der Waals surface area contributed by atoms with Crippen molar-refractivity contribution < 1.29 is 14.6 Å². The molecule has 0 aliphatic carbocycles. The van der Waals surface area contributed by atoms with Crippen LogP contribution in [-0.4, -0.2) is 11.1 Å². The van der Waals surface area contributed by atoms with Crippen LogP contribution in [0.5, 0.6) is 11.5 Å². The number of hydrogen-bond donors (Lipinski definition) is 1. The Morgan fingerprint density at radius 1 is 0.885 bits per heavy atom. The summed E-state index contributed by atoms with van der Waals surface area (Å²) in [5.41, 5.74) is 3.96. The minimum Gasteiger partial charge on any atom is -0.481 e. The van der Waals surface area contributed by atoms with Gasteiger partial charge >= 0.3 is 5.97 Å². The number of aliphatic carboxylic acids is 1. The molecule has 0 aliphatic heterocycles. The topological polar surface area (TPSA) is 46.5 Å². The van der Waals surface area contributed by atoms with Gasteiger partial charge in [-0.1, -0.05) is 60.7 Å². The van der Waals surface area contributed by atoms with E-state index < -0.39 is 11.9 Å². The summed E-state index contributed by atoms with van der Waals surface area (Å²) in [4.78, 5) is 11.7. The number of hydrogen-bond acceptors (Lipinski definition) is 2. The van der Waals surface area contributed by atoms with Crippen molar-refractivity contribution >= 4 is 5.97 Å². The fraction of sp³-hybridized carbons (Fsp3) is 0.174. The van der Waals surface area contributed by atoms with E-state index in [1.165, 1.54) is 0 Å². The lowest BCUT2D eigenvalue weighted by Gasteiger charge is -2.14. The summed E-state index contributed by atoms with van der Waals surface area (Å²) in [6.07, 6.45) is 0.447. The second-order valence-electron chi connectivity index (χ2n) is 6.47. The quantitative estimate of drug-likeness (QED) is 0.640. The molecule has 26 heavy (non-hydrogen) atoms. The van der Waals surface area contributed by atoms with E-state index in [-0.39, 0.29) is 0 Å². The van der Waals surface area contributed by atoms with E-state index in [2.05, 4.69) is 0 Å². The average Bonchev–Trinajstić information content (AvgIpc) is 2.64. The molecule has 1 N–H and O–H groups in total. The lowest BCUT2D eigenvalue weighted by Crippen LogP contribution is -2.14. The minimum absolute atomic E-state index is 0.447. The number of aryl methyl sites for hydroxylation is 2. The monoisotopic (exact) mass is 346 g/mol. The van der Waals surface area contributed by atoms with Crippen LogP contribution in [0.3, 0.4) is 0 Å². The molecule has 3 nitrogen and oxygen atoms in total. The molecule has 0 saturated heterocycles. The van der Waals surface area contributed by atoms with Crippen LogP contribution in [0.4, 0.5) is 0 Å². The molecular weight excluding hydrogens is 324 g/mol. The van der Waals surface area contributed by atoms with Gasteiger partial charge < -0.3 is 9.84 Å². The standard InChI is InChI=1S/C23H22O3/c1-16-7-6-8-17(2)22(16)26-20-13-11-18(12-14-20)15-21(23(24)25)19-9-4-3-5-10-19/h3-14,21H,15H2,1-2H3,(H,24,25). The first kappa shape index (κ1) is 17.7. The molecule has 0 aromatic heterocycles.